The number of rotatable bonds is 7. The van der Waals surface area contributed by atoms with Crippen molar-refractivity contribution in [3.63, 3.8) is 0 Å². The molecule has 0 aliphatic heterocycles. The maximum atomic E-state index is 13.2. The molecule has 1 amide bonds. The maximum absolute atomic E-state index is 13.2. The number of aromatic nitrogens is 2. The summed E-state index contributed by atoms with van der Waals surface area (Å²) < 4.78 is 7.63. The predicted molar refractivity (Wildman–Crippen MR) is 153 cm³/mol. The third-order valence-electron chi connectivity index (χ3n) is 5.38. The second-order valence-electron chi connectivity index (χ2n) is 8.66. The third-order valence-corrected chi connectivity index (χ3v) is 6.43. The average molecular weight is 602 g/mol. The van der Waals surface area contributed by atoms with Crippen LogP contribution in [0.15, 0.2) is 69.0 Å². The van der Waals surface area contributed by atoms with Gasteiger partial charge in [0.25, 0.3) is 11.5 Å². The van der Waals surface area contributed by atoms with Crippen LogP contribution in [0.4, 0.5) is 5.69 Å². The van der Waals surface area contributed by atoms with Gasteiger partial charge >= 0.3 is 0 Å². The van der Waals surface area contributed by atoms with E-state index >= 15 is 0 Å². The molecule has 10 heteroatoms. The van der Waals surface area contributed by atoms with E-state index in [0.29, 0.717) is 28.0 Å². The van der Waals surface area contributed by atoms with Crippen LogP contribution in [0.2, 0.25) is 10.0 Å². The molecule has 4 rings (SSSR count). The largest absolute Gasteiger partial charge is 0.481 e. The minimum atomic E-state index is -0.349. The van der Waals surface area contributed by atoms with Crippen molar-refractivity contribution in [1.82, 2.24) is 9.66 Å². The van der Waals surface area contributed by atoms with Crippen LogP contribution in [-0.4, -0.2) is 28.4 Å². The van der Waals surface area contributed by atoms with Crippen molar-refractivity contribution in [2.45, 2.75) is 26.7 Å². The van der Waals surface area contributed by atoms with Crippen molar-refractivity contribution in [2.75, 3.05) is 11.9 Å². The second kappa shape index (κ2) is 11.5. The Morgan fingerprint density at radius 2 is 1.81 bits per heavy atom. The summed E-state index contributed by atoms with van der Waals surface area (Å²) >= 11 is 16.2. The maximum Gasteiger partial charge on any atom is 0.282 e. The van der Waals surface area contributed by atoms with Gasteiger partial charge in [-0.25, -0.2) is 4.98 Å². The summed E-state index contributed by atoms with van der Waals surface area (Å²) in [4.78, 5) is 30.1. The van der Waals surface area contributed by atoms with E-state index < -0.39 is 0 Å². The normalized spacial score (nSPS) is 11.4. The number of anilines is 1. The Hall–Kier alpha value is -3.20. The van der Waals surface area contributed by atoms with Gasteiger partial charge in [-0.05, 0) is 55.0 Å². The minimum Gasteiger partial charge on any atom is -0.481 e. The van der Waals surface area contributed by atoms with Gasteiger partial charge in [0.2, 0.25) is 0 Å². The predicted octanol–water partition coefficient (Wildman–Crippen LogP) is 6.80. The van der Waals surface area contributed by atoms with Crippen LogP contribution < -0.4 is 15.6 Å². The van der Waals surface area contributed by atoms with Crippen LogP contribution >= 0.6 is 39.1 Å². The van der Waals surface area contributed by atoms with E-state index in [4.69, 9.17) is 27.9 Å². The van der Waals surface area contributed by atoms with Gasteiger partial charge in [-0.15, -0.1) is 0 Å². The number of ether oxygens (including phenoxy) is 1. The zero-order valence-electron chi connectivity index (χ0n) is 20.3. The lowest BCUT2D eigenvalue weighted by Crippen LogP contribution is -2.23. The summed E-state index contributed by atoms with van der Waals surface area (Å²) in [5, 5.41) is 8.00. The van der Waals surface area contributed by atoms with Crippen molar-refractivity contribution < 1.29 is 9.53 Å². The highest BCUT2D eigenvalue weighted by Gasteiger charge is 2.15. The Balaban J connectivity index is 1.55. The van der Waals surface area contributed by atoms with Crippen molar-refractivity contribution in [1.29, 1.82) is 0 Å². The van der Waals surface area contributed by atoms with E-state index in [-0.39, 0.29) is 39.8 Å². The van der Waals surface area contributed by atoms with Gasteiger partial charge in [-0.3, -0.25) is 9.59 Å². The SMILES string of the molecule is Cc1ccc(NC(=O)COc2c(Cl)cc(C=Nn3c(C(C)C)nc4ccc(Br)cc4c3=O)cc2Cl)cc1. The Morgan fingerprint density at radius 1 is 1.14 bits per heavy atom. The summed E-state index contributed by atoms with van der Waals surface area (Å²) in [5.74, 6) is 0.300. The molecule has 7 nitrogen and oxygen atoms in total. The Labute approximate surface area is 232 Å². The fourth-order valence-corrected chi connectivity index (χ4v) is 4.51. The molecule has 0 saturated carbocycles. The van der Waals surface area contributed by atoms with E-state index in [1.807, 2.05) is 39.0 Å². The summed E-state index contributed by atoms with van der Waals surface area (Å²) in [6.07, 6.45) is 1.48. The number of hydrogen-bond donors (Lipinski definition) is 1. The zero-order valence-corrected chi connectivity index (χ0v) is 23.4. The standard InChI is InChI=1S/C27H23BrCl2N4O3/c1-15(2)26-33-23-9-6-18(28)12-20(23)27(36)34(26)31-13-17-10-21(29)25(22(30)11-17)37-14-24(35)32-19-7-4-16(3)5-8-19/h4-13,15H,14H2,1-3H3,(H,32,35). The second-order valence-corrected chi connectivity index (χ2v) is 10.4. The highest BCUT2D eigenvalue weighted by molar-refractivity contribution is 9.10. The lowest BCUT2D eigenvalue weighted by atomic mass is 10.2. The van der Waals surface area contributed by atoms with E-state index in [2.05, 4.69) is 31.3 Å². The molecule has 0 saturated heterocycles. The Morgan fingerprint density at radius 3 is 2.46 bits per heavy atom. The number of amides is 1. The van der Waals surface area contributed by atoms with Gasteiger partial charge in [0.05, 0.1) is 27.2 Å². The average Bonchev–Trinajstić information content (AvgIpc) is 2.84. The van der Waals surface area contributed by atoms with E-state index in [1.54, 1.807) is 36.4 Å². The van der Waals surface area contributed by atoms with Crippen LogP contribution in [0.25, 0.3) is 10.9 Å². The number of aryl methyl sites for hydroxylation is 1. The van der Waals surface area contributed by atoms with Gasteiger partial charge in [0.1, 0.15) is 5.82 Å². The molecule has 0 aliphatic rings. The first-order valence-electron chi connectivity index (χ1n) is 11.4. The highest BCUT2D eigenvalue weighted by Crippen LogP contribution is 2.34. The number of nitrogens with one attached hydrogen (secondary N) is 1. The molecule has 4 aromatic rings. The topological polar surface area (TPSA) is 85.6 Å². The number of fused-ring (bicyclic) bond motifs is 1. The molecule has 1 aromatic heterocycles. The fraction of sp³-hybridized carbons (Fsp3) is 0.185. The first-order chi connectivity index (χ1) is 17.6. The molecule has 0 aliphatic carbocycles. The number of benzene rings is 3. The minimum absolute atomic E-state index is 0.0492. The quantitative estimate of drug-likeness (QED) is 0.236. The highest BCUT2D eigenvalue weighted by atomic mass is 79.9. The van der Waals surface area contributed by atoms with Crippen LogP contribution in [0.3, 0.4) is 0 Å². The molecule has 1 heterocycles. The van der Waals surface area contributed by atoms with E-state index in [0.717, 1.165) is 10.0 Å². The molecular weight excluding hydrogens is 579 g/mol. The van der Waals surface area contributed by atoms with Gasteiger partial charge in [0, 0.05) is 16.1 Å². The number of hydrogen-bond acceptors (Lipinski definition) is 5. The van der Waals surface area contributed by atoms with Crippen molar-refractivity contribution in [3.05, 3.63) is 96.4 Å². The zero-order chi connectivity index (χ0) is 26.7. The first kappa shape index (κ1) is 26.9. The molecule has 0 bridgehead atoms. The lowest BCUT2D eigenvalue weighted by Gasteiger charge is -2.13. The summed E-state index contributed by atoms with van der Waals surface area (Å²) in [6, 6.07) is 15.9. The molecule has 0 radical (unpaired) electrons. The third kappa shape index (κ3) is 6.39. The smallest absolute Gasteiger partial charge is 0.282 e. The molecule has 0 spiro atoms. The molecule has 0 fully saturated rings. The van der Waals surface area contributed by atoms with Crippen LogP contribution in [0, 0.1) is 6.92 Å². The number of halogens is 3. The first-order valence-corrected chi connectivity index (χ1v) is 12.9. The molecule has 190 valence electrons. The number of carbonyl (C=O) groups is 1. The van der Waals surface area contributed by atoms with Crippen LogP contribution in [-0.2, 0) is 4.79 Å². The van der Waals surface area contributed by atoms with Crippen molar-refractivity contribution >= 4 is 67.8 Å². The number of nitrogens with zero attached hydrogens (tertiary/aromatic N) is 3. The number of carbonyl (C=O) groups excluding carboxylic acids is 1. The van der Waals surface area contributed by atoms with E-state index in [1.165, 1.54) is 10.9 Å². The molecule has 1 N–H and O–H groups in total. The van der Waals surface area contributed by atoms with Crippen LogP contribution in [0.1, 0.15) is 36.7 Å². The molecule has 0 unspecified atom stereocenters. The lowest BCUT2D eigenvalue weighted by molar-refractivity contribution is -0.118. The molecular formula is C27H23BrCl2N4O3. The molecule has 37 heavy (non-hydrogen) atoms. The summed E-state index contributed by atoms with van der Waals surface area (Å²) in [5.41, 5.74) is 2.61. The van der Waals surface area contributed by atoms with Crippen molar-refractivity contribution in [3.8, 4) is 5.75 Å². The molecule has 0 atom stereocenters. The van der Waals surface area contributed by atoms with Gasteiger partial charge < -0.3 is 10.1 Å². The Bertz CT molecular complexity index is 1540. The fourth-order valence-electron chi connectivity index (χ4n) is 3.54. The Kier molecular flexibility index (Phi) is 8.32. The van der Waals surface area contributed by atoms with Gasteiger partial charge in [0.15, 0.2) is 12.4 Å². The van der Waals surface area contributed by atoms with Gasteiger partial charge in [-0.2, -0.15) is 9.78 Å². The van der Waals surface area contributed by atoms with Crippen LogP contribution in [0.5, 0.6) is 5.75 Å². The summed E-state index contributed by atoms with van der Waals surface area (Å²) in [6.45, 7) is 5.57. The molecule has 3 aromatic carbocycles. The van der Waals surface area contributed by atoms with E-state index in [9.17, 15) is 9.59 Å². The summed E-state index contributed by atoms with van der Waals surface area (Å²) in [7, 11) is 0. The monoisotopic (exact) mass is 600 g/mol. The van der Waals surface area contributed by atoms with Gasteiger partial charge in [-0.1, -0.05) is 70.7 Å². The van der Waals surface area contributed by atoms with Crippen molar-refractivity contribution in [2.24, 2.45) is 5.10 Å².